The molecular weight excluding hydrogens is 551 g/mol. The molecule has 1 atom stereocenters. The maximum absolute atomic E-state index is 13.4. The molecule has 1 N–H and O–H groups in total. The Morgan fingerprint density at radius 3 is 2.30 bits per heavy atom. The van der Waals surface area contributed by atoms with Crippen LogP contribution in [0.5, 0.6) is 5.75 Å². The quantitative estimate of drug-likeness (QED) is 0.332. The lowest BCUT2D eigenvalue weighted by Crippen LogP contribution is -2.33. The van der Waals surface area contributed by atoms with E-state index in [1.807, 2.05) is 31.2 Å². The van der Waals surface area contributed by atoms with Gasteiger partial charge in [-0.3, -0.25) is 9.59 Å². The third kappa shape index (κ3) is 6.71. The number of alkyl halides is 3. The Bertz CT molecular complexity index is 1290. The summed E-state index contributed by atoms with van der Waals surface area (Å²) in [4.78, 5) is 25.9. The van der Waals surface area contributed by atoms with Gasteiger partial charge in [0.25, 0.3) is 5.91 Å². The van der Waals surface area contributed by atoms with Gasteiger partial charge in [0.1, 0.15) is 11.4 Å². The topological polar surface area (TPSA) is 66.8 Å². The van der Waals surface area contributed by atoms with Crippen LogP contribution in [0.2, 0.25) is 0 Å². The first-order chi connectivity index (χ1) is 17.4. The number of ether oxygens (including phenoxy) is 1. The number of hydrogen-bond acceptors (Lipinski definition) is 3. The summed E-state index contributed by atoms with van der Waals surface area (Å²) in [6, 6.07) is 17.6. The lowest BCUT2D eigenvalue weighted by atomic mass is 9.91. The second-order valence-electron chi connectivity index (χ2n) is 9.42. The van der Waals surface area contributed by atoms with E-state index >= 15 is 0 Å². The van der Waals surface area contributed by atoms with Crippen molar-refractivity contribution in [1.29, 1.82) is 0 Å². The largest absolute Gasteiger partial charge is 0.487 e. The molecule has 37 heavy (non-hydrogen) atoms. The van der Waals surface area contributed by atoms with Crippen LogP contribution in [0.1, 0.15) is 46.0 Å². The van der Waals surface area contributed by atoms with Crippen LogP contribution in [0, 0.1) is 0 Å². The molecule has 1 heterocycles. The molecule has 9 heteroatoms. The first kappa shape index (κ1) is 26.7. The number of aliphatic carboxylic acids is 1. The molecule has 3 aromatic carbocycles. The Morgan fingerprint density at radius 1 is 1.03 bits per heavy atom. The van der Waals surface area contributed by atoms with Gasteiger partial charge in [0.05, 0.1) is 12.0 Å². The van der Waals surface area contributed by atoms with Crippen molar-refractivity contribution in [3.63, 3.8) is 0 Å². The molecule has 0 aliphatic carbocycles. The molecule has 5 nitrogen and oxygen atoms in total. The van der Waals surface area contributed by atoms with E-state index in [2.05, 4.69) is 15.9 Å². The predicted octanol–water partition coefficient (Wildman–Crippen LogP) is 6.52. The second kappa shape index (κ2) is 10.6. The third-order valence-electron chi connectivity index (χ3n) is 6.26. The minimum atomic E-state index is -4.46. The monoisotopic (exact) mass is 575 g/mol. The molecular formula is C28H25BrF3NO4. The van der Waals surface area contributed by atoms with Crippen molar-refractivity contribution < 1.29 is 32.6 Å². The fourth-order valence-electron chi connectivity index (χ4n) is 4.47. The normalized spacial score (nSPS) is 16.7. The van der Waals surface area contributed by atoms with Crippen molar-refractivity contribution in [3.8, 4) is 5.75 Å². The average Bonchev–Trinajstić information content (AvgIpc) is 3.17. The van der Waals surface area contributed by atoms with Crippen molar-refractivity contribution in [1.82, 2.24) is 4.90 Å². The van der Waals surface area contributed by atoms with Crippen LogP contribution in [-0.2, 0) is 30.4 Å². The first-order valence-electron chi connectivity index (χ1n) is 11.7. The Kier molecular flexibility index (Phi) is 7.64. The summed E-state index contributed by atoms with van der Waals surface area (Å²) in [5, 5.41) is 9.15. The fourth-order valence-corrected chi connectivity index (χ4v) is 4.74. The van der Waals surface area contributed by atoms with E-state index in [1.54, 1.807) is 18.2 Å². The Morgan fingerprint density at radius 2 is 1.68 bits per heavy atom. The molecule has 0 spiro atoms. The molecule has 0 fully saturated rings. The van der Waals surface area contributed by atoms with E-state index in [-0.39, 0.29) is 19.5 Å². The highest BCUT2D eigenvalue weighted by molar-refractivity contribution is 9.10. The lowest BCUT2D eigenvalue weighted by Gasteiger charge is -2.24. The molecule has 0 unspecified atom stereocenters. The van der Waals surface area contributed by atoms with Gasteiger partial charge in [-0.1, -0.05) is 40.2 Å². The average molecular weight is 576 g/mol. The number of hydrogen-bond donors (Lipinski definition) is 1. The number of carboxylic acids is 1. The smallest absolute Gasteiger partial charge is 0.416 e. The van der Waals surface area contributed by atoms with E-state index in [1.165, 1.54) is 17.0 Å². The summed E-state index contributed by atoms with van der Waals surface area (Å²) in [5.41, 5.74) is 1.56. The number of amides is 1. The highest BCUT2D eigenvalue weighted by Gasteiger charge is 2.36. The summed E-state index contributed by atoms with van der Waals surface area (Å²) in [7, 11) is 0. The van der Waals surface area contributed by atoms with Gasteiger partial charge >= 0.3 is 12.1 Å². The van der Waals surface area contributed by atoms with E-state index in [4.69, 9.17) is 9.84 Å². The van der Waals surface area contributed by atoms with E-state index in [0.29, 0.717) is 29.7 Å². The lowest BCUT2D eigenvalue weighted by molar-refractivity contribution is -0.138. The molecule has 0 bridgehead atoms. The summed E-state index contributed by atoms with van der Waals surface area (Å²) < 4.78 is 45.9. The van der Waals surface area contributed by atoms with Crippen LogP contribution in [0.25, 0.3) is 0 Å². The van der Waals surface area contributed by atoms with Gasteiger partial charge in [-0.15, -0.1) is 0 Å². The van der Waals surface area contributed by atoms with Crippen LogP contribution in [0.4, 0.5) is 13.2 Å². The number of benzene rings is 3. The van der Waals surface area contributed by atoms with E-state index in [9.17, 15) is 22.8 Å². The van der Waals surface area contributed by atoms with Crippen LogP contribution in [0.15, 0.2) is 71.2 Å². The number of carbonyl (C=O) groups excluding carboxylic acids is 1. The van der Waals surface area contributed by atoms with Gasteiger partial charge in [0.2, 0.25) is 0 Å². The number of carbonyl (C=O) groups is 2. The molecule has 3 aromatic rings. The Balaban J connectivity index is 1.51. The first-order valence-corrected chi connectivity index (χ1v) is 12.4. The second-order valence-corrected chi connectivity index (χ2v) is 10.3. The Hall–Kier alpha value is -3.33. The van der Waals surface area contributed by atoms with Crippen LogP contribution >= 0.6 is 15.9 Å². The van der Waals surface area contributed by atoms with Crippen molar-refractivity contribution in [2.45, 2.75) is 44.5 Å². The van der Waals surface area contributed by atoms with Gasteiger partial charge < -0.3 is 14.7 Å². The van der Waals surface area contributed by atoms with Gasteiger partial charge in [-0.25, -0.2) is 0 Å². The van der Waals surface area contributed by atoms with Gasteiger partial charge in [0, 0.05) is 36.0 Å². The standard InChI is InChI=1S/C28H25BrF3NO4/c1-27(15-18-4-9-23(29)10-5-18)16-21-14-20(6-11-24(21)37-27)26(36)33(13-12-25(34)35)17-19-2-7-22(8-3-19)28(30,31)32/h2-11,14H,12-13,15-17H2,1H3,(H,34,35)/t27-/m0/s1. The minimum absolute atomic E-state index is 0.0148. The SMILES string of the molecule is C[C@]1(Cc2ccc(Br)cc2)Cc2cc(C(=O)N(CCC(=O)O)Cc3ccc(C(F)(F)F)cc3)ccc2O1. The number of rotatable bonds is 8. The van der Waals surface area contributed by atoms with Gasteiger partial charge in [0.15, 0.2) is 0 Å². The number of halogens is 4. The highest BCUT2D eigenvalue weighted by Crippen LogP contribution is 2.38. The summed E-state index contributed by atoms with van der Waals surface area (Å²) in [6.07, 6.45) is -3.48. The summed E-state index contributed by atoms with van der Waals surface area (Å²) in [5.74, 6) is -0.780. The predicted molar refractivity (Wildman–Crippen MR) is 135 cm³/mol. The minimum Gasteiger partial charge on any atom is -0.487 e. The molecule has 1 aliphatic rings. The maximum atomic E-state index is 13.4. The summed E-state index contributed by atoms with van der Waals surface area (Å²) in [6.45, 7) is 1.92. The van der Waals surface area contributed by atoms with Gasteiger partial charge in [-0.2, -0.15) is 13.2 Å². The van der Waals surface area contributed by atoms with Crippen molar-refractivity contribution >= 4 is 27.8 Å². The molecule has 0 saturated heterocycles. The zero-order valence-electron chi connectivity index (χ0n) is 20.0. The molecule has 0 radical (unpaired) electrons. The number of carboxylic acid groups (broad SMARTS) is 1. The van der Waals surface area contributed by atoms with Crippen LogP contribution in [-0.4, -0.2) is 34.0 Å². The third-order valence-corrected chi connectivity index (χ3v) is 6.79. The number of nitrogens with zero attached hydrogens (tertiary/aromatic N) is 1. The van der Waals surface area contributed by atoms with Crippen molar-refractivity contribution in [2.75, 3.05) is 6.54 Å². The molecule has 1 aliphatic heterocycles. The maximum Gasteiger partial charge on any atom is 0.416 e. The van der Waals surface area contributed by atoms with E-state index in [0.717, 1.165) is 27.7 Å². The van der Waals surface area contributed by atoms with Crippen molar-refractivity contribution in [3.05, 3.63) is 99.0 Å². The molecule has 0 aromatic heterocycles. The molecule has 0 saturated carbocycles. The molecule has 1 amide bonds. The van der Waals surface area contributed by atoms with E-state index < -0.39 is 29.2 Å². The Labute approximate surface area is 221 Å². The zero-order chi connectivity index (χ0) is 26.8. The summed E-state index contributed by atoms with van der Waals surface area (Å²) >= 11 is 3.43. The van der Waals surface area contributed by atoms with Gasteiger partial charge in [-0.05, 0) is 66.1 Å². The molecule has 194 valence electrons. The number of fused-ring (bicyclic) bond motifs is 1. The zero-order valence-corrected chi connectivity index (χ0v) is 21.6. The van der Waals surface area contributed by atoms with Crippen molar-refractivity contribution in [2.24, 2.45) is 0 Å². The van der Waals surface area contributed by atoms with Crippen LogP contribution in [0.3, 0.4) is 0 Å². The molecule has 4 rings (SSSR count). The fraction of sp³-hybridized carbons (Fsp3) is 0.286. The van der Waals surface area contributed by atoms with Crippen LogP contribution < -0.4 is 4.74 Å². The highest BCUT2D eigenvalue weighted by atomic mass is 79.9.